The Labute approximate surface area is 369 Å². The van der Waals surface area contributed by atoms with Crippen LogP contribution < -0.4 is 5.32 Å². The third kappa shape index (κ3) is 31.5. The first-order valence-corrected chi connectivity index (χ1v) is 25.6. The Morgan fingerprint density at radius 1 is 0.550 bits per heavy atom. The minimum Gasteiger partial charge on any atom is -0.394 e. The maximum Gasteiger partial charge on any atom is 0.220 e. The van der Waals surface area contributed by atoms with E-state index < -0.39 is 49.5 Å². The highest BCUT2D eigenvalue weighted by Crippen LogP contribution is 2.23. The van der Waals surface area contributed by atoms with E-state index in [9.17, 15) is 30.3 Å². The number of amides is 1. The van der Waals surface area contributed by atoms with Crippen molar-refractivity contribution in [2.45, 2.75) is 281 Å². The molecule has 9 nitrogen and oxygen atoms in total. The molecular formula is C51H97NO8. The van der Waals surface area contributed by atoms with Crippen LogP contribution in [0.4, 0.5) is 0 Å². The molecule has 1 saturated heterocycles. The van der Waals surface area contributed by atoms with Gasteiger partial charge in [-0.3, -0.25) is 4.79 Å². The minimum absolute atomic E-state index is 0.179. The number of hydrogen-bond acceptors (Lipinski definition) is 8. The molecule has 0 aromatic rings. The van der Waals surface area contributed by atoms with E-state index in [2.05, 4.69) is 31.3 Å². The summed E-state index contributed by atoms with van der Waals surface area (Å²) in [6.07, 6.45) is 44.4. The van der Waals surface area contributed by atoms with Gasteiger partial charge >= 0.3 is 0 Å². The Kier molecular flexibility index (Phi) is 39.4. The molecule has 7 atom stereocenters. The van der Waals surface area contributed by atoms with Crippen molar-refractivity contribution in [1.82, 2.24) is 5.32 Å². The highest BCUT2D eigenvalue weighted by molar-refractivity contribution is 5.76. The number of carbonyl (C=O) groups is 1. The van der Waals surface area contributed by atoms with E-state index in [1.165, 1.54) is 173 Å². The molecule has 1 rings (SSSR count). The van der Waals surface area contributed by atoms with Crippen LogP contribution in [0.25, 0.3) is 0 Å². The number of rotatable bonds is 43. The Bertz CT molecular complexity index is 992. The predicted molar refractivity (Wildman–Crippen MR) is 249 cm³/mol. The summed E-state index contributed by atoms with van der Waals surface area (Å²) >= 11 is 0. The van der Waals surface area contributed by atoms with Crippen molar-refractivity contribution in [2.75, 3.05) is 13.2 Å². The van der Waals surface area contributed by atoms with E-state index >= 15 is 0 Å². The van der Waals surface area contributed by atoms with Crippen LogP contribution in [0.15, 0.2) is 24.3 Å². The van der Waals surface area contributed by atoms with Crippen molar-refractivity contribution in [2.24, 2.45) is 0 Å². The number of aliphatic hydroxyl groups excluding tert-OH is 5. The van der Waals surface area contributed by atoms with Gasteiger partial charge in [0.05, 0.1) is 25.4 Å². The van der Waals surface area contributed by atoms with Gasteiger partial charge in [-0.25, -0.2) is 0 Å². The Hall–Kier alpha value is -1.33. The second-order valence-electron chi connectivity index (χ2n) is 18.0. The summed E-state index contributed by atoms with van der Waals surface area (Å²) < 4.78 is 11.1. The van der Waals surface area contributed by atoms with Crippen molar-refractivity contribution in [1.29, 1.82) is 0 Å². The monoisotopic (exact) mass is 852 g/mol. The zero-order valence-corrected chi connectivity index (χ0v) is 39.0. The lowest BCUT2D eigenvalue weighted by atomic mass is 9.99. The van der Waals surface area contributed by atoms with E-state index in [-0.39, 0.29) is 12.5 Å². The van der Waals surface area contributed by atoms with Crippen LogP contribution in [0, 0.1) is 0 Å². The van der Waals surface area contributed by atoms with Crippen molar-refractivity contribution in [3.8, 4) is 0 Å². The fourth-order valence-corrected chi connectivity index (χ4v) is 8.15. The second kappa shape index (κ2) is 41.7. The smallest absolute Gasteiger partial charge is 0.220 e. The van der Waals surface area contributed by atoms with Crippen LogP contribution in [-0.2, 0) is 14.3 Å². The normalized spacial score (nSPS) is 20.7. The first-order valence-electron chi connectivity index (χ1n) is 25.6. The highest BCUT2D eigenvalue weighted by atomic mass is 16.7. The lowest BCUT2D eigenvalue weighted by Crippen LogP contribution is -2.60. The van der Waals surface area contributed by atoms with Crippen molar-refractivity contribution < 1.29 is 39.8 Å². The van der Waals surface area contributed by atoms with Crippen LogP contribution in [0.3, 0.4) is 0 Å². The van der Waals surface area contributed by atoms with Crippen LogP contribution >= 0.6 is 0 Å². The largest absolute Gasteiger partial charge is 0.394 e. The average molecular weight is 852 g/mol. The van der Waals surface area contributed by atoms with Crippen LogP contribution in [0.1, 0.15) is 239 Å². The predicted octanol–water partition coefficient (Wildman–Crippen LogP) is 11.5. The number of carbonyl (C=O) groups excluding carboxylic acids is 1. The molecule has 0 bridgehead atoms. The zero-order chi connectivity index (χ0) is 43.7. The fraction of sp³-hybridized carbons (Fsp3) is 0.902. The number of ether oxygens (including phenoxy) is 2. The van der Waals surface area contributed by atoms with Gasteiger partial charge in [-0.2, -0.15) is 0 Å². The number of hydrogen-bond donors (Lipinski definition) is 6. The maximum atomic E-state index is 12.9. The van der Waals surface area contributed by atoms with Gasteiger partial charge in [0.2, 0.25) is 5.91 Å². The molecule has 0 aliphatic carbocycles. The molecule has 1 aliphatic heterocycles. The molecule has 60 heavy (non-hydrogen) atoms. The molecule has 6 N–H and O–H groups in total. The fourth-order valence-electron chi connectivity index (χ4n) is 8.15. The summed E-state index contributed by atoms with van der Waals surface area (Å²) in [5.41, 5.74) is 0. The summed E-state index contributed by atoms with van der Waals surface area (Å²) in [5, 5.41) is 53.8. The molecule has 7 unspecified atom stereocenters. The van der Waals surface area contributed by atoms with Crippen molar-refractivity contribution in [3.63, 3.8) is 0 Å². The molecule has 0 aromatic heterocycles. The van der Waals surface area contributed by atoms with Crippen LogP contribution in [0.2, 0.25) is 0 Å². The van der Waals surface area contributed by atoms with Crippen molar-refractivity contribution in [3.05, 3.63) is 24.3 Å². The lowest BCUT2D eigenvalue weighted by molar-refractivity contribution is -0.302. The summed E-state index contributed by atoms with van der Waals surface area (Å²) in [6.45, 7) is 3.70. The minimum atomic E-state index is -1.56. The third-order valence-electron chi connectivity index (χ3n) is 12.3. The summed E-state index contributed by atoms with van der Waals surface area (Å²) in [6, 6.07) is -0.798. The molecule has 1 amide bonds. The SMILES string of the molecule is CCCCCC/C=C/C(O)C(COC1OC(CO)C(O)C(O)C1O)NC(=O)CCCCCCCCCCCCCCCCCCCCC/C=C\CCCCCCCCCC. The van der Waals surface area contributed by atoms with Gasteiger partial charge in [0.15, 0.2) is 6.29 Å². The maximum absolute atomic E-state index is 12.9. The molecule has 0 spiro atoms. The molecule has 1 heterocycles. The van der Waals surface area contributed by atoms with Gasteiger partial charge in [0.1, 0.15) is 24.4 Å². The van der Waals surface area contributed by atoms with Crippen molar-refractivity contribution >= 4 is 5.91 Å². The summed E-state index contributed by atoms with van der Waals surface area (Å²) in [7, 11) is 0. The molecule has 1 aliphatic rings. The summed E-state index contributed by atoms with van der Waals surface area (Å²) in [5.74, 6) is -0.179. The van der Waals surface area contributed by atoms with Crippen LogP contribution in [-0.4, -0.2) is 87.5 Å². The Balaban J connectivity index is 2.04. The van der Waals surface area contributed by atoms with Gasteiger partial charge in [-0.15, -0.1) is 0 Å². The second-order valence-corrected chi connectivity index (χ2v) is 18.0. The van der Waals surface area contributed by atoms with Gasteiger partial charge in [-0.05, 0) is 44.9 Å². The number of allylic oxidation sites excluding steroid dienone is 3. The van der Waals surface area contributed by atoms with E-state index in [0.717, 1.165) is 44.9 Å². The molecule has 0 radical (unpaired) electrons. The van der Waals surface area contributed by atoms with Gasteiger partial charge in [0, 0.05) is 6.42 Å². The number of unbranched alkanes of at least 4 members (excludes halogenated alkanes) is 31. The zero-order valence-electron chi connectivity index (χ0n) is 39.0. The van der Waals surface area contributed by atoms with E-state index in [0.29, 0.717) is 6.42 Å². The molecule has 0 aromatic carbocycles. The van der Waals surface area contributed by atoms with Crippen LogP contribution in [0.5, 0.6) is 0 Å². The van der Waals surface area contributed by atoms with E-state index in [4.69, 9.17) is 9.47 Å². The third-order valence-corrected chi connectivity index (χ3v) is 12.3. The Morgan fingerprint density at radius 2 is 0.933 bits per heavy atom. The van der Waals surface area contributed by atoms with Gasteiger partial charge in [0.25, 0.3) is 0 Å². The highest BCUT2D eigenvalue weighted by Gasteiger charge is 2.44. The first kappa shape index (κ1) is 56.7. The number of aliphatic hydroxyl groups is 5. The topological polar surface area (TPSA) is 149 Å². The molecular weight excluding hydrogens is 755 g/mol. The Morgan fingerprint density at radius 3 is 1.37 bits per heavy atom. The first-order chi connectivity index (χ1) is 29.3. The lowest BCUT2D eigenvalue weighted by Gasteiger charge is -2.40. The van der Waals surface area contributed by atoms with Gasteiger partial charge in [-0.1, -0.05) is 212 Å². The quantitative estimate of drug-likeness (QED) is 0.0262. The molecule has 1 fully saturated rings. The van der Waals surface area contributed by atoms with E-state index in [1.807, 2.05) is 6.08 Å². The molecule has 9 heteroatoms. The van der Waals surface area contributed by atoms with Gasteiger partial charge < -0.3 is 40.3 Å². The average Bonchev–Trinajstić information content (AvgIpc) is 3.25. The standard InChI is InChI=1S/C51H97NO8/c1-3-5-7-9-11-12-13-14-15-16-17-18-19-20-21-22-23-24-25-26-27-28-29-30-31-32-33-34-35-37-39-41-47(55)52-44(45(54)40-38-36-10-8-6-4-2)43-59-51-50(58)49(57)48(56)46(42-53)60-51/h16-17,38,40,44-46,48-51,53-54,56-58H,3-15,18-37,39,41-43H2,1-2H3,(H,52,55)/b17-16-,40-38+. The summed E-state index contributed by atoms with van der Waals surface area (Å²) in [4.78, 5) is 12.9. The van der Waals surface area contributed by atoms with E-state index in [1.54, 1.807) is 6.08 Å². The number of nitrogens with one attached hydrogen (secondary N) is 1. The molecule has 0 saturated carbocycles. The molecule has 354 valence electrons.